The van der Waals surface area contributed by atoms with Crippen molar-refractivity contribution in [2.75, 3.05) is 6.54 Å². The number of halogens is 2. The Kier molecular flexibility index (Phi) is 6.86. The molecule has 32 heavy (non-hydrogen) atoms. The zero-order valence-electron chi connectivity index (χ0n) is 17.2. The van der Waals surface area contributed by atoms with Crippen molar-refractivity contribution in [2.24, 2.45) is 0 Å². The molecule has 1 N–H and O–H groups in total. The third-order valence-corrected chi connectivity index (χ3v) is 8.14. The molecule has 166 valence electrons. The summed E-state index contributed by atoms with van der Waals surface area (Å²) in [5, 5.41) is 3.91. The van der Waals surface area contributed by atoms with Crippen LogP contribution in [0, 0.1) is 0 Å². The lowest BCUT2D eigenvalue weighted by atomic mass is 9.92. The van der Waals surface area contributed by atoms with Crippen LogP contribution in [-0.4, -0.2) is 25.2 Å². The maximum absolute atomic E-state index is 13.5. The molecule has 0 spiro atoms. The fourth-order valence-corrected chi connectivity index (χ4v) is 5.89. The lowest BCUT2D eigenvalue weighted by molar-refractivity contribution is -0.122. The molecule has 0 unspecified atom stereocenters. The number of amides is 1. The molecule has 1 amide bonds. The molecule has 8 heteroatoms. The Hall–Kier alpha value is -2.38. The van der Waals surface area contributed by atoms with Crippen molar-refractivity contribution in [2.45, 2.75) is 30.3 Å². The average molecular weight is 489 g/mol. The number of nitrogens with zero attached hydrogens (tertiary/aromatic N) is 1. The van der Waals surface area contributed by atoms with Gasteiger partial charge in [0.25, 0.3) is 0 Å². The summed E-state index contributed by atoms with van der Waals surface area (Å²) >= 11 is 12.1. The summed E-state index contributed by atoms with van der Waals surface area (Å²) in [5.74, 6) is -0.247. The van der Waals surface area contributed by atoms with Gasteiger partial charge in [-0.2, -0.15) is 4.31 Å². The zero-order chi connectivity index (χ0) is 22.7. The minimum atomic E-state index is -3.82. The lowest BCUT2D eigenvalue weighted by Gasteiger charge is -2.36. The van der Waals surface area contributed by atoms with Crippen molar-refractivity contribution in [3.8, 4) is 0 Å². The Morgan fingerprint density at radius 1 is 0.969 bits per heavy atom. The predicted octanol–water partition coefficient (Wildman–Crippen LogP) is 4.99. The van der Waals surface area contributed by atoms with Crippen LogP contribution in [0.4, 0.5) is 0 Å². The standard InChI is InChI=1S/C24H22Cl2N2O3S/c25-19-9-11-20(12-10-19)32(30,31)28-14-13-17-5-1-3-7-21(17)23(28)15-24(29)27-16-18-6-2-4-8-22(18)26/h1-12,23H,13-16H2,(H,27,29)/t23-/m1/s1. The molecular formula is C24H22Cl2N2O3S. The molecule has 5 nitrogen and oxygen atoms in total. The number of rotatable bonds is 6. The summed E-state index contributed by atoms with van der Waals surface area (Å²) < 4.78 is 28.3. The van der Waals surface area contributed by atoms with E-state index < -0.39 is 16.1 Å². The molecule has 4 rings (SSSR count). The maximum Gasteiger partial charge on any atom is 0.243 e. The molecular weight excluding hydrogens is 467 g/mol. The number of hydrogen-bond acceptors (Lipinski definition) is 3. The summed E-state index contributed by atoms with van der Waals surface area (Å²) in [7, 11) is -3.82. The van der Waals surface area contributed by atoms with Crippen LogP contribution in [0.3, 0.4) is 0 Å². The first-order valence-corrected chi connectivity index (χ1v) is 12.4. The van der Waals surface area contributed by atoms with E-state index in [2.05, 4.69) is 5.32 Å². The molecule has 1 aliphatic rings. The molecule has 3 aromatic carbocycles. The van der Waals surface area contributed by atoms with E-state index in [9.17, 15) is 13.2 Å². The van der Waals surface area contributed by atoms with Crippen molar-refractivity contribution >= 4 is 39.1 Å². The largest absolute Gasteiger partial charge is 0.352 e. The third kappa shape index (κ3) is 4.84. The number of sulfonamides is 1. The van der Waals surface area contributed by atoms with Crippen LogP contribution < -0.4 is 5.32 Å². The Morgan fingerprint density at radius 3 is 2.41 bits per heavy atom. The Bertz CT molecular complexity index is 1230. The lowest BCUT2D eigenvalue weighted by Crippen LogP contribution is -2.42. The van der Waals surface area contributed by atoms with Gasteiger partial charge in [0, 0.05) is 29.6 Å². The Morgan fingerprint density at radius 2 is 1.66 bits per heavy atom. The van der Waals surface area contributed by atoms with E-state index in [0.29, 0.717) is 23.0 Å². The molecule has 0 saturated heterocycles. The van der Waals surface area contributed by atoms with Crippen molar-refractivity contribution < 1.29 is 13.2 Å². The van der Waals surface area contributed by atoms with Gasteiger partial charge in [0.15, 0.2) is 0 Å². The quantitative estimate of drug-likeness (QED) is 0.531. The van der Waals surface area contributed by atoms with Gasteiger partial charge in [-0.05, 0) is 53.4 Å². The normalized spacial score (nSPS) is 16.4. The molecule has 1 heterocycles. The van der Waals surface area contributed by atoms with Crippen LogP contribution in [0.15, 0.2) is 77.7 Å². The first-order chi connectivity index (χ1) is 15.4. The van der Waals surface area contributed by atoms with E-state index in [4.69, 9.17) is 23.2 Å². The van der Waals surface area contributed by atoms with Crippen molar-refractivity contribution in [1.29, 1.82) is 0 Å². The van der Waals surface area contributed by atoms with Gasteiger partial charge in [0.2, 0.25) is 15.9 Å². The molecule has 0 saturated carbocycles. The van der Waals surface area contributed by atoms with Crippen molar-refractivity contribution in [1.82, 2.24) is 9.62 Å². The number of benzene rings is 3. The first kappa shape index (κ1) is 22.8. The van der Waals surface area contributed by atoms with Gasteiger partial charge in [-0.25, -0.2) is 8.42 Å². The van der Waals surface area contributed by atoms with E-state index >= 15 is 0 Å². The average Bonchev–Trinajstić information content (AvgIpc) is 2.79. The Labute approximate surface area is 198 Å². The zero-order valence-corrected chi connectivity index (χ0v) is 19.5. The van der Waals surface area contributed by atoms with Gasteiger partial charge in [0.1, 0.15) is 0 Å². The maximum atomic E-state index is 13.5. The number of fused-ring (bicyclic) bond motifs is 1. The SMILES string of the molecule is O=C(C[C@@H]1c2ccccc2CCN1S(=O)(=O)c1ccc(Cl)cc1)NCc1ccccc1Cl. The summed E-state index contributed by atoms with van der Waals surface area (Å²) in [5.41, 5.74) is 2.71. The van der Waals surface area contributed by atoms with Crippen LogP contribution in [0.25, 0.3) is 0 Å². The van der Waals surface area contributed by atoms with Crippen molar-refractivity contribution in [3.05, 3.63) is 99.5 Å². The van der Waals surface area contributed by atoms with Crippen LogP contribution in [0.2, 0.25) is 10.0 Å². The van der Waals surface area contributed by atoms with Gasteiger partial charge < -0.3 is 5.32 Å². The topological polar surface area (TPSA) is 66.5 Å². The molecule has 0 aliphatic carbocycles. The van der Waals surface area contributed by atoms with E-state index in [-0.39, 0.29) is 23.8 Å². The van der Waals surface area contributed by atoms with Crippen LogP contribution in [0.5, 0.6) is 0 Å². The second-order valence-electron chi connectivity index (χ2n) is 7.61. The minimum absolute atomic E-state index is 0.00822. The number of carbonyl (C=O) groups is 1. The Balaban J connectivity index is 1.60. The molecule has 0 aromatic heterocycles. The van der Waals surface area contributed by atoms with E-state index in [1.807, 2.05) is 42.5 Å². The number of nitrogens with one attached hydrogen (secondary N) is 1. The molecule has 0 bridgehead atoms. The second kappa shape index (κ2) is 9.63. The highest BCUT2D eigenvalue weighted by Crippen LogP contribution is 2.36. The van der Waals surface area contributed by atoms with Gasteiger partial charge >= 0.3 is 0 Å². The fourth-order valence-electron chi connectivity index (χ4n) is 3.95. The molecule has 3 aromatic rings. The smallest absolute Gasteiger partial charge is 0.243 e. The van der Waals surface area contributed by atoms with Gasteiger partial charge in [-0.15, -0.1) is 0 Å². The first-order valence-electron chi connectivity index (χ1n) is 10.2. The van der Waals surface area contributed by atoms with Crippen molar-refractivity contribution in [3.63, 3.8) is 0 Å². The molecule has 0 fully saturated rings. The van der Waals surface area contributed by atoms with Crippen LogP contribution in [-0.2, 0) is 27.8 Å². The monoisotopic (exact) mass is 488 g/mol. The van der Waals surface area contributed by atoms with Crippen LogP contribution in [0.1, 0.15) is 29.2 Å². The highest BCUT2D eigenvalue weighted by atomic mass is 35.5. The van der Waals surface area contributed by atoms with E-state index in [1.165, 1.54) is 16.4 Å². The summed E-state index contributed by atoms with van der Waals surface area (Å²) in [6, 6.07) is 20.4. The second-order valence-corrected chi connectivity index (χ2v) is 10.3. The summed E-state index contributed by atoms with van der Waals surface area (Å²) in [6.45, 7) is 0.571. The number of hydrogen-bond donors (Lipinski definition) is 1. The molecule has 1 atom stereocenters. The fraction of sp³-hybridized carbons (Fsp3) is 0.208. The highest BCUT2D eigenvalue weighted by Gasteiger charge is 2.37. The van der Waals surface area contributed by atoms with Gasteiger partial charge in [-0.1, -0.05) is 65.7 Å². The van der Waals surface area contributed by atoms with Gasteiger partial charge in [0.05, 0.1) is 10.9 Å². The van der Waals surface area contributed by atoms with Gasteiger partial charge in [-0.3, -0.25) is 4.79 Å². The van der Waals surface area contributed by atoms with Crippen LogP contribution >= 0.6 is 23.2 Å². The molecule has 0 radical (unpaired) electrons. The predicted molar refractivity (Wildman–Crippen MR) is 126 cm³/mol. The minimum Gasteiger partial charge on any atom is -0.352 e. The highest BCUT2D eigenvalue weighted by molar-refractivity contribution is 7.89. The molecule has 1 aliphatic heterocycles. The number of carbonyl (C=O) groups excluding carboxylic acids is 1. The summed E-state index contributed by atoms with van der Waals surface area (Å²) in [6.07, 6.45) is 0.592. The van der Waals surface area contributed by atoms with E-state index in [0.717, 1.165) is 16.7 Å². The summed E-state index contributed by atoms with van der Waals surface area (Å²) in [4.78, 5) is 13.0. The third-order valence-electron chi connectivity index (χ3n) is 5.60. The van der Waals surface area contributed by atoms with E-state index in [1.54, 1.807) is 18.2 Å².